The largest absolute Gasteiger partial charge is 0.393 e. The zero-order chi connectivity index (χ0) is 11.4. The van der Waals surface area contributed by atoms with Crippen LogP contribution in [0.15, 0.2) is 0 Å². The van der Waals surface area contributed by atoms with Crippen LogP contribution in [0.1, 0.15) is 25.7 Å². The van der Waals surface area contributed by atoms with Crippen molar-refractivity contribution in [3.63, 3.8) is 0 Å². The van der Waals surface area contributed by atoms with Crippen molar-refractivity contribution < 1.29 is 9.84 Å². The van der Waals surface area contributed by atoms with Crippen molar-refractivity contribution in [3.8, 4) is 0 Å². The summed E-state index contributed by atoms with van der Waals surface area (Å²) in [5.74, 6) is 0. The summed E-state index contributed by atoms with van der Waals surface area (Å²) in [6.07, 6.45) is 4.14. The minimum atomic E-state index is -0.0640. The topological polar surface area (TPSA) is 32.7 Å². The van der Waals surface area contributed by atoms with Crippen LogP contribution >= 0.6 is 15.9 Å². The van der Waals surface area contributed by atoms with Crippen LogP contribution in [0.25, 0.3) is 0 Å². The molecule has 0 saturated carbocycles. The molecule has 0 radical (unpaired) electrons. The van der Waals surface area contributed by atoms with Gasteiger partial charge in [0.05, 0.1) is 6.10 Å². The van der Waals surface area contributed by atoms with Crippen molar-refractivity contribution >= 4 is 15.9 Å². The molecule has 3 nitrogen and oxygen atoms in total. The number of alkyl halides is 1. The zero-order valence-electron chi connectivity index (χ0n) is 9.83. The quantitative estimate of drug-likeness (QED) is 0.803. The lowest BCUT2D eigenvalue weighted by molar-refractivity contribution is -0.00435. The second-order valence-corrected chi connectivity index (χ2v) is 5.81. The van der Waals surface area contributed by atoms with E-state index in [9.17, 15) is 5.11 Å². The summed E-state index contributed by atoms with van der Waals surface area (Å²) in [5.41, 5.74) is 0.403. The fourth-order valence-electron chi connectivity index (χ4n) is 2.69. The van der Waals surface area contributed by atoms with E-state index >= 15 is 0 Å². The molecule has 0 amide bonds. The fraction of sp³-hybridized carbons (Fsp3) is 1.00. The van der Waals surface area contributed by atoms with Crippen molar-refractivity contribution in [2.45, 2.75) is 31.8 Å². The van der Waals surface area contributed by atoms with Crippen molar-refractivity contribution in [1.82, 2.24) is 4.90 Å². The molecule has 0 bridgehead atoms. The van der Waals surface area contributed by atoms with Crippen LogP contribution in [0.2, 0.25) is 0 Å². The molecular weight excluding hydrogens is 270 g/mol. The molecule has 2 heterocycles. The number of nitrogens with zero attached hydrogens (tertiary/aromatic N) is 1. The molecule has 0 aromatic carbocycles. The zero-order valence-corrected chi connectivity index (χ0v) is 11.4. The fourth-order valence-corrected chi connectivity index (χ4v) is 3.43. The van der Waals surface area contributed by atoms with Gasteiger partial charge in [0.2, 0.25) is 0 Å². The Hall–Kier alpha value is 0.360. The van der Waals surface area contributed by atoms with Gasteiger partial charge in [0, 0.05) is 38.2 Å². The molecule has 2 saturated heterocycles. The van der Waals surface area contributed by atoms with Crippen LogP contribution in [0.3, 0.4) is 0 Å². The molecule has 1 N–H and O–H groups in total. The summed E-state index contributed by atoms with van der Waals surface area (Å²) in [6.45, 7) is 5.08. The molecule has 4 heteroatoms. The highest BCUT2D eigenvalue weighted by molar-refractivity contribution is 9.09. The molecule has 2 fully saturated rings. The lowest BCUT2D eigenvalue weighted by Crippen LogP contribution is -2.46. The Kier molecular flexibility index (Phi) is 4.65. The highest BCUT2D eigenvalue weighted by Crippen LogP contribution is 2.34. The standard InChI is InChI=1S/C12H22BrNO2/c13-9-12(3-7-16-8-4-12)10-14-5-1-11(15)2-6-14/h11,15H,1-10H2. The van der Waals surface area contributed by atoms with Crippen LogP contribution in [0.4, 0.5) is 0 Å². The monoisotopic (exact) mass is 291 g/mol. The van der Waals surface area contributed by atoms with Gasteiger partial charge in [0.25, 0.3) is 0 Å². The van der Waals surface area contributed by atoms with Gasteiger partial charge < -0.3 is 14.7 Å². The van der Waals surface area contributed by atoms with Gasteiger partial charge in [-0.25, -0.2) is 0 Å². The molecule has 0 aromatic rings. The molecule has 16 heavy (non-hydrogen) atoms. The van der Waals surface area contributed by atoms with Gasteiger partial charge in [-0.1, -0.05) is 15.9 Å². The molecule has 0 aromatic heterocycles. The molecule has 94 valence electrons. The first-order valence-corrected chi connectivity index (χ1v) is 7.40. The van der Waals surface area contributed by atoms with Gasteiger partial charge in [-0.2, -0.15) is 0 Å². The molecule has 0 aliphatic carbocycles. The molecule has 2 aliphatic rings. The van der Waals surface area contributed by atoms with E-state index in [1.54, 1.807) is 0 Å². The Bertz CT molecular complexity index is 211. The summed E-state index contributed by atoms with van der Waals surface area (Å²) < 4.78 is 5.45. The smallest absolute Gasteiger partial charge is 0.0564 e. The Morgan fingerprint density at radius 2 is 1.88 bits per heavy atom. The number of hydrogen-bond donors (Lipinski definition) is 1. The number of hydrogen-bond acceptors (Lipinski definition) is 3. The van der Waals surface area contributed by atoms with E-state index in [0.717, 1.165) is 63.9 Å². The van der Waals surface area contributed by atoms with E-state index in [-0.39, 0.29) is 6.10 Å². The minimum absolute atomic E-state index is 0.0640. The van der Waals surface area contributed by atoms with Crippen LogP contribution in [0.5, 0.6) is 0 Å². The number of halogens is 1. The first kappa shape index (κ1) is 12.8. The molecule has 0 spiro atoms. The van der Waals surface area contributed by atoms with Gasteiger partial charge >= 0.3 is 0 Å². The first-order chi connectivity index (χ1) is 7.74. The van der Waals surface area contributed by atoms with Gasteiger partial charge in [0.15, 0.2) is 0 Å². The van der Waals surface area contributed by atoms with E-state index < -0.39 is 0 Å². The van der Waals surface area contributed by atoms with Gasteiger partial charge in [-0.3, -0.25) is 0 Å². The van der Waals surface area contributed by atoms with Crippen molar-refractivity contribution in [2.24, 2.45) is 5.41 Å². The number of ether oxygens (including phenoxy) is 1. The molecule has 0 atom stereocenters. The lowest BCUT2D eigenvalue weighted by Gasteiger charge is -2.41. The molecule has 2 aliphatic heterocycles. The lowest BCUT2D eigenvalue weighted by atomic mass is 9.81. The summed E-state index contributed by atoms with van der Waals surface area (Å²) in [5, 5.41) is 10.6. The third kappa shape index (κ3) is 3.19. The van der Waals surface area contributed by atoms with Crippen molar-refractivity contribution in [1.29, 1.82) is 0 Å². The third-order valence-electron chi connectivity index (χ3n) is 3.95. The summed E-state index contributed by atoms with van der Waals surface area (Å²) in [7, 11) is 0. The maximum atomic E-state index is 9.50. The van der Waals surface area contributed by atoms with Crippen LogP contribution in [-0.2, 0) is 4.74 Å². The molecule has 0 unspecified atom stereocenters. The predicted octanol–water partition coefficient (Wildman–Crippen LogP) is 1.63. The number of aliphatic hydroxyl groups excluding tert-OH is 1. The highest BCUT2D eigenvalue weighted by atomic mass is 79.9. The summed E-state index contributed by atoms with van der Waals surface area (Å²) in [6, 6.07) is 0. The van der Waals surface area contributed by atoms with E-state index in [4.69, 9.17) is 4.74 Å². The number of piperidine rings is 1. The maximum absolute atomic E-state index is 9.50. The average Bonchev–Trinajstić information content (AvgIpc) is 2.33. The summed E-state index contributed by atoms with van der Waals surface area (Å²) in [4.78, 5) is 2.51. The van der Waals surface area contributed by atoms with E-state index in [1.807, 2.05) is 0 Å². The second-order valence-electron chi connectivity index (χ2n) is 5.25. The van der Waals surface area contributed by atoms with Crippen LogP contribution in [-0.4, -0.2) is 54.3 Å². The van der Waals surface area contributed by atoms with Gasteiger partial charge in [0.1, 0.15) is 0 Å². The van der Waals surface area contributed by atoms with Crippen LogP contribution in [0, 0.1) is 5.41 Å². The van der Waals surface area contributed by atoms with Crippen molar-refractivity contribution in [2.75, 3.05) is 38.2 Å². The van der Waals surface area contributed by atoms with Gasteiger partial charge in [-0.05, 0) is 31.1 Å². The minimum Gasteiger partial charge on any atom is -0.393 e. The Morgan fingerprint density at radius 1 is 1.25 bits per heavy atom. The molecular formula is C12H22BrNO2. The van der Waals surface area contributed by atoms with Crippen molar-refractivity contribution in [3.05, 3.63) is 0 Å². The number of aliphatic hydroxyl groups is 1. The molecule has 2 rings (SSSR count). The SMILES string of the molecule is OC1CCN(CC2(CBr)CCOCC2)CC1. The Balaban J connectivity index is 1.86. The van der Waals surface area contributed by atoms with Gasteiger partial charge in [-0.15, -0.1) is 0 Å². The van der Waals surface area contributed by atoms with E-state index in [2.05, 4.69) is 20.8 Å². The highest BCUT2D eigenvalue weighted by Gasteiger charge is 2.34. The van der Waals surface area contributed by atoms with Crippen LogP contribution < -0.4 is 0 Å². The Labute approximate surface area is 106 Å². The number of rotatable bonds is 3. The second kappa shape index (κ2) is 5.80. The normalized spacial score (nSPS) is 28.1. The Morgan fingerprint density at radius 3 is 2.44 bits per heavy atom. The number of likely N-dealkylation sites (tertiary alicyclic amines) is 1. The van der Waals surface area contributed by atoms with E-state index in [1.165, 1.54) is 0 Å². The summed E-state index contributed by atoms with van der Waals surface area (Å²) >= 11 is 3.68. The van der Waals surface area contributed by atoms with E-state index in [0.29, 0.717) is 5.41 Å². The average molecular weight is 292 g/mol. The third-order valence-corrected chi connectivity index (χ3v) is 5.14. The first-order valence-electron chi connectivity index (χ1n) is 6.28. The predicted molar refractivity (Wildman–Crippen MR) is 68.0 cm³/mol. The maximum Gasteiger partial charge on any atom is 0.0564 e.